The van der Waals surface area contributed by atoms with Crippen LogP contribution in [-0.4, -0.2) is 35.2 Å². The molecule has 0 bridgehead atoms. The Morgan fingerprint density at radius 2 is 1.86 bits per heavy atom. The molecule has 5 nitrogen and oxygen atoms in total. The molecule has 1 heterocycles. The minimum Gasteiger partial charge on any atom is -0.354 e. The van der Waals surface area contributed by atoms with Crippen LogP contribution in [0.2, 0.25) is 0 Å². The molecule has 1 aliphatic carbocycles. The number of allylic oxidation sites excluding steroid dienone is 2. The van der Waals surface area contributed by atoms with Gasteiger partial charge in [0.25, 0.3) is 0 Å². The molecule has 3 amide bonds. The quantitative estimate of drug-likeness (QED) is 0.598. The van der Waals surface area contributed by atoms with Gasteiger partial charge in [0.1, 0.15) is 0 Å². The van der Waals surface area contributed by atoms with Gasteiger partial charge in [-0.1, -0.05) is 19.1 Å². The summed E-state index contributed by atoms with van der Waals surface area (Å²) in [6.45, 7) is 4.34. The molecule has 5 heteroatoms. The van der Waals surface area contributed by atoms with Crippen molar-refractivity contribution in [2.75, 3.05) is 6.54 Å². The third kappa shape index (κ3) is 3.52. The minimum absolute atomic E-state index is 0.0115. The Hall–Kier alpha value is -1.65. The number of carbonyl (C=O) groups excluding carboxylic acids is 3. The van der Waals surface area contributed by atoms with Crippen LogP contribution in [0.1, 0.15) is 46.0 Å². The lowest BCUT2D eigenvalue weighted by Crippen LogP contribution is -2.34. The van der Waals surface area contributed by atoms with Crippen molar-refractivity contribution in [3.8, 4) is 0 Å². The molecule has 21 heavy (non-hydrogen) atoms. The maximum Gasteiger partial charge on any atom is 0.233 e. The monoisotopic (exact) mass is 292 g/mol. The summed E-state index contributed by atoms with van der Waals surface area (Å²) in [5.74, 6) is -0.469. The van der Waals surface area contributed by atoms with Crippen LogP contribution in [0.4, 0.5) is 0 Å². The van der Waals surface area contributed by atoms with Gasteiger partial charge in [0.15, 0.2) is 0 Å². The number of nitrogens with one attached hydrogen (secondary N) is 1. The van der Waals surface area contributed by atoms with Gasteiger partial charge in [-0.2, -0.15) is 0 Å². The number of fused-ring (bicyclic) bond motifs is 1. The lowest BCUT2D eigenvalue weighted by atomic mass is 9.85. The van der Waals surface area contributed by atoms with Gasteiger partial charge in [-0.15, -0.1) is 0 Å². The first-order chi connectivity index (χ1) is 10.0. The van der Waals surface area contributed by atoms with Crippen LogP contribution in [0.15, 0.2) is 12.2 Å². The summed E-state index contributed by atoms with van der Waals surface area (Å²) in [6, 6.07) is 0.168. The van der Waals surface area contributed by atoms with E-state index >= 15 is 0 Å². The third-order valence-electron chi connectivity index (χ3n) is 4.40. The smallest absolute Gasteiger partial charge is 0.233 e. The summed E-state index contributed by atoms with van der Waals surface area (Å²) in [5.41, 5.74) is 0. The summed E-state index contributed by atoms with van der Waals surface area (Å²) >= 11 is 0. The van der Waals surface area contributed by atoms with Crippen LogP contribution < -0.4 is 5.32 Å². The minimum atomic E-state index is -0.170. The normalized spacial score (nSPS) is 25.9. The van der Waals surface area contributed by atoms with E-state index in [2.05, 4.69) is 5.32 Å². The highest BCUT2D eigenvalue weighted by molar-refractivity contribution is 6.05. The first kappa shape index (κ1) is 15.7. The van der Waals surface area contributed by atoms with E-state index < -0.39 is 0 Å². The maximum absolute atomic E-state index is 12.2. The highest BCUT2D eigenvalue weighted by atomic mass is 16.2. The van der Waals surface area contributed by atoms with E-state index in [-0.39, 0.29) is 35.6 Å². The van der Waals surface area contributed by atoms with Crippen molar-refractivity contribution in [3.63, 3.8) is 0 Å². The molecule has 0 aromatic carbocycles. The average molecular weight is 292 g/mol. The molecule has 0 spiro atoms. The molecule has 2 rings (SSSR count). The standard InChI is InChI=1S/C16H24N2O3/c1-3-11(2)17-14(19)9-6-10-18-15(20)12-7-4-5-8-13(12)16(18)21/h4-5,11-13H,3,6-10H2,1-2H3,(H,17,19)/t11-,12-,13-/m0/s1. The van der Waals surface area contributed by atoms with E-state index in [1.807, 2.05) is 26.0 Å². The summed E-state index contributed by atoms with van der Waals surface area (Å²) in [5, 5.41) is 2.89. The van der Waals surface area contributed by atoms with E-state index in [1.54, 1.807) is 0 Å². The Labute approximate surface area is 125 Å². The second-order valence-electron chi connectivity index (χ2n) is 5.96. The van der Waals surface area contributed by atoms with Gasteiger partial charge < -0.3 is 5.32 Å². The summed E-state index contributed by atoms with van der Waals surface area (Å²) < 4.78 is 0. The van der Waals surface area contributed by atoms with Crippen molar-refractivity contribution in [1.29, 1.82) is 0 Å². The highest BCUT2D eigenvalue weighted by Gasteiger charge is 2.46. The number of imide groups is 1. The van der Waals surface area contributed by atoms with E-state index in [0.717, 1.165) is 6.42 Å². The van der Waals surface area contributed by atoms with Crippen molar-refractivity contribution in [3.05, 3.63) is 12.2 Å². The maximum atomic E-state index is 12.2. The molecule has 2 aliphatic rings. The molecule has 0 radical (unpaired) electrons. The average Bonchev–Trinajstić information content (AvgIpc) is 2.72. The number of carbonyl (C=O) groups is 3. The van der Waals surface area contributed by atoms with Gasteiger partial charge in [-0.3, -0.25) is 19.3 Å². The van der Waals surface area contributed by atoms with Gasteiger partial charge in [0.2, 0.25) is 17.7 Å². The molecular formula is C16H24N2O3. The van der Waals surface area contributed by atoms with Gasteiger partial charge in [-0.25, -0.2) is 0 Å². The molecule has 1 fully saturated rings. The highest BCUT2D eigenvalue weighted by Crippen LogP contribution is 2.35. The molecule has 1 saturated heterocycles. The van der Waals surface area contributed by atoms with Gasteiger partial charge in [0, 0.05) is 19.0 Å². The predicted octanol–water partition coefficient (Wildman–Crippen LogP) is 1.63. The largest absolute Gasteiger partial charge is 0.354 e. The van der Waals surface area contributed by atoms with Crippen molar-refractivity contribution in [2.45, 2.75) is 52.0 Å². The van der Waals surface area contributed by atoms with Crippen LogP contribution in [-0.2, 0) is 14.4 Å². The number of nitrogens with zero attached hydrogens (tertiary/aromatic N) is 1. The first-order valence-electron chi connectivity index (χ1n) is 7.84. The Balaban J connectivity index is 1.80. The second kappa shape index (κ2) is 6.87. The van der Waals surface area contributed by atoms with Gasteiger partial charge >= 0.3 is 0 Å². The topological polar surface area (TPSA) is 66.5 Å². The van der Waals surface area contributed by atoms with Crippen LogP contribution >= 0.6 is 0 Å². The molecular weight excluding hydrogens is 268 g/mol. The summed E-state index contributed by atoms with van der Waals surface area (Å²) in [6.07, 6.45) is 7.08. The molecule has 0 aromatic rings. The Bertz CT molecular complexity index is 432. The Kier molecular flexibility index (Phi) is 5.15. The SMILES string of the molecule is CC[C@H](C)NC(=O)CCCN1C(=O)[C@H]2CC=CC[C@@H]2C1=O. The fourth-order valence-corrected chi connectivity index (χ4v) is 2.94. The molecule has 3 atom stereocenters. The Morgan fingerprint density at radius 3 is 2.38 bits per heavy atom. The summed E-state index contributed by atoms with van der Waals surface area (Å²) in [4.78, 5) is 37.5. The molecule has 1 N–H and O–H groups in total. The number of hydrogen-bond donors (Lipinski definition) is 1. The fraction of sp³-hybridized carbons (Fsp3) is 0.688. The number of hydrogen-bond acceptors (Lipinski definition) is 3. The van der Waals surface area contributed by atoms with Crippen LogP contribution in [0.5, 0.6) is 0 Å². The van der Waals surface area contributed by atoms with Crippen LogP contribution in [0.25, 0.3) is 0 Å². The van der Waals surface area contributed by atoms with E-state index in [1.165, 1.54) is 4.90 Å². The van der Waals surface area contributed by atoms with Crippen LogP contribution in [0.3, 0.4) is 0 Å². The zero-order chi connectivity index (χ0) is 15.4. The molecule has 0 unspecified atom stereocenters. The molecule has 1 aliphatic heterocycles. The molecule has 116 valence electrons. The van der Waals surface area contributed by atoms with E-state index in [0.29, 0.717) is 32.2 Å². The van der Waals surface area contributed by atoms with Gasteiger partial charge in [-0.05, 0) is 32.6 Å². The first-order valence-corrected chi connectivity index (χ1v) is 7.84. The Morgan fingerprint density at radius 1 is 1.29 bits per heavy atom. The van der Waals surface area contributed by atoms with Crippen molar-refractivity contribution >= 4 is 17.7 Å². The van der Waals surface area contributed by atoms with Crippen molar-refractivity contribution < 1.29 is 14.4 Å². The molecule has 0 aromatic heterocycles. The van der Waals surface area contributed by atoms with Crippen molar-refractivity contribution in [2.24, 2.45) is 11.8 Å². The zero-order valence-electron chi connectivity index (χ0n) is 12.8. The third-order valence-corrected chi connectivity index (χ3v) is 4.40. The number of amides is 3. The fourth-order valence-electron chi connectivity index (χ4n) is 2.94. The number of rotatable bonds is 6. The lowest BCUT2D eigenvalue weighted by molar-refractivity contribution is -0.140. The lowest BCUT2D eigenvalue weighted by Gasteiger charge is -2.15. The van der Waals surface area contributed by atoms with Crippen LogP contribution in [0, 0.1) is 11.8 Å². The van der Waals surface area contributed by atoms with Gasteiger partial charge in [0.05, 0.1) is 11.8 Å². The zero-order valence-corrected chi connectivity index (χ0v) is 12.8. The van der Waals surface area contributed by atoms with Crippen molar-refractivity contribution in [1.82, 2.24) is 10.2 Å². The van der Waals surface area contributed by atoms with E-state index in [9.17, 15) is 14.4 Å². The second-order valence-corrected chi connectivity index (χ2v) is 5.96. The number of likely N-dealkylation sites (tertiary alicyclic amines) is 1. The predicted molar refractivity (Wildman–Crippen MR) is 79.2 cm³/mol. The molecule has 0 saturated carbocycles. The summed E-state index contributed by atoms with van der Waals surface area (Å²) in [7, 11) is 0. The van der Waals surface area contributed by atoms with E-state index in [4.69, 9.17) is 0 Å².